The van der Waals surface area contributed by atoms with Gasteiger partial charge in [0.25, 0.3) is 0 Å². The molecule has 3 fully saturated rings. The SMILES string of the molecule is COC(=O)NC1(C(=O)N2CCC[C@H]2c2ncc(-c3ccc4nc(-c5ccc(-c6c[nH]c([C@@H]7CCCN7C(=O)[C@H](C(C)C)N(C)C(=O)OC(=O)C(F)(F)F)n6)cc5)cnc4c3)[nH]2)CCC1. The Bertz CT molecular complexity index is 2590. The third-order valence-electron chi connectivity index (χ3n) is 12.3. The van der Waals surface area contributed by atoms with Crippen molar-refractivity contribution in [3.8, 4) is 33.8 Å². The van der Waals surface area contributed by atoms with Crippen molar-refractivity contribution in [1.82, 2.24) is 49.9 Å². The lowest BCUT2D eigenvalue weighted by Gasteiger charge is -2.43. The summed E-state index contributed by atoms with van der Waals surface area (Å²) in [5.41, 5.74) is 4.95. The van der Waals surface area contributed by atoms with Crippen LogP contribution in [0.4, 0.5) is 22.8 Å². The van der Waals surface area contributed by atoms with E-state index in [0.29, 0.717) is 72.8 Å². The molecule has 3 aliphatic rings. The van der Waals surface area contributed by atoms with Gasteiger partial charge in [-0.25, -0.2) is 29.3 Å². The number of esters is 1. The van der Waals surface area contributed by atoms with E-state index >= 15 is 0 Å². The highest BCUT2D eigenvalue weighted by Crippen LogP contribution is 2.40. The number of likely N-dealkylation sites (N-methyl/N-ethyl adjacent to an activating group) is 1. The predicted octanol–water partition coefficient (Wildman–Crippen LogP) is 6.86. The monoisotopic (exact) mass is 884 g/mol. The fourth-order valence-corrected chi connectivity index (χ4v) is 8.88. The van der Waals surface area contributed by atoms with Gasteiger partial charge in [-0.05, 0) is 63.0 Å². The second-order valence-corrected chi connectivity index (χ2v) is 16.7. The number of amides is 4. The summed E-state index contributed by atoms with van der Waals surface area (Å²) in [4.78, 5) is 93.2. The molecule has 5 heterocycles. The van der Waals surface area contributed by atoms with Crippen molar-refractivity contribution in [3.63, 3.8) is 0 Å². The van der Waals surface area contributed by atoms with Gasteiger partial charge in [0, 0.05) is 43.0 Å². The Hall–Kier alpha value is -6.86. The molecule has 1 aliphatic carbocycles. The first-order chi connectivity index (χ1) is 30.6. The molecule has 2 aromatic carbocycles. The average Bonchev–Trinajstić information content (AvgIpc) is 4.11. The molecule has 3 N–H and O–H groups in total. The van der Waals surface area contributed by atoms with Gasteiger partial charge in [-0.2, -0.15) is 13.2 Å². The first-order valence-corrected chi connectivity index (χ1v) is 21.1. The molecule has 2 aliphatic heterocycles. The highest BCUT2D eigenvalue weighted by Gasteiger charge is 2.50. The molecule has 17 nitrogen and oxygen atoms in total. The molecule has 0 unspecified atom stereocenters. The van der Waals surface area contributed by atoms with Gasteiger partial charge >= 0.3 is 24.3 Å². The van der Waals surface area contributed by atoms with Crippen molar-refractivity contribution in [1.29, 1.82) is 0 Å². The van der Waals surface area contributed by atoms with E-state index in [0.717, 1.165) is 53.6 Å². The van der Waals surface area contributed by atoms with E-state index in [9.17, 15) is 37.1 Å². The number of rotatable bonds is 10. The molecule has 3 aromatic heterocycles. The van der Waals surface area contributed by atoms with Crippen LogP contribution in [0.2, 0.25) is 0 Å². The quantitative estimate of drug-likeness (QED) is 0.0975. The smallest absolute Gasteiger partial charge is 0.453 e. The average molecular weight is 885 g/mol. The van der Waals surface area contributed by atoms with Crippen LogP contribution >= 0.6 is 0 Å². The second-order valence-electron chi connectivity index (χ2n) is 16.7. The van der Waals surface area contributed by atoms with Gasteiger partial charge in [0.1, 0.15) is 23.2 Å². The Morgan fingerprint density at radius 2 is 1.50 bits per heavy atom. The summed E-state index contributed by atoms with van der Waals surface area (Å²) in [6.45, 7) is 4.20. The maximum atomic E-state index is 13.8. The van der Waals surface area contributed by atoms with Crippen molar-refractivity contribution in [2.75, 3.05) is 27.2 Å². The molecule has 0 radical (unpaired) electrons. The van der Waals surface area contributed by atoms with E-state index in [-0.39, 0.29) is 11.9 Å². The lowest BCUT2D eigenvalue weighted by molar-refractivity contribution is -0.194. The van der Waals surface area contributed by atoms with E-state index in [1.54, 1.807) is 37.3 Å². The first kappa shape index (κ1) is 43.8. The number of ether oxygens (including phenoxy) is 2. The lowest BCUT2D eigenvalue weighted by atomic mass is 9.75. The number of benzene rings is 2. The van der Waals surface area contributed by atoms with Crippen LogP contribution in [0.3, 0.4) is 0 Å². The Morgan fingerprint density at radius 1 is 0.844 bits per heavy atom. The molecule has 0 spiro atoms. The predicted molar refractivity (Wildman–Crippen MR) is 224 cm³/mol. The van der Waals surface area contributed by atoms with Gasteiger partial charge in [0.15, 0.2) is 0 Å². The summed E-state index contributed by atoms with van der Waals surface area (Å²) < 4.78 is 47.1. The minimum atomic E-state index is -5.37. The summed E-state index contributed by atoms with van der Waals surface area (Å²) in [5.74, 6) is -2.60. The minimum Gasteiger partial charge on any atom is -0.453 e. The molecular formula is C44H47F3N10O7. The zero-order chi connectivity index (χ0) is 45.5. The van der Waals surface area contributed by atoms with Crippen molar-refractivity contribution in [3.05, 3.63) is 72.7 Å². The zero-order valence-corrected chi connectivity index (χ0v) is 35.6. The standard InChI is InChI=1S/C44H47F3N10O7/c1-24(2)35(55(3)42(62)64-40(60)44(45,46)47)38(58)56-18-5-8-33(56)36-49-22-31(52-36)26-12-10-25(11-13-26)30-21-48-29-20-27(14-15-28(29)51-30)32-23-50-37(53-32)34-9-6-19-57(34)39(59)43(16-7-17-43)54-41(61)63-4/h10-15,20-24,33-35H,5-9,16-19H2,1-4H3,(H,49,52)(H,50,53)(H,54,61)/t33-,34-,35-/m0/s1. The number of H-pyrrole nitrogens is 2. The Balaban J connectivity index is 0.926. The van der Waals surface area contributed by atoms with Gasteiger partial charge in [-0.1, -0.05) is 44.2 Å². The van der Waals surface area contributed by atoms with Crippen molar-refractivity contribution in [2.24, 2.45) is 5.92 Å². The third-order valence-corrected chi connectivity index (χ3v) is 12.3. The van der Waals surface area contributed by atoms with Crippen molar-refractivity contribution in [2.45, 2.75) is 88.6 Å². The number of likely N-dealkylation sites (tertiary alicyclic amines) is 2. The number of carbonyl (C=O) groups is 5. The van der Waals surface area contributed by atoms with E-state index in [4.69, 9.17) is 19.7 Å². The summed E-state index contributed by atoms with van der Waals surface area (Å²) in [7, 11) is 2.42. The van der Waals surface area contributed by atoms with Crippen LogP contribution in [-0.2, 0) is 23.9 Å². The topological polar surface area (TPSA) is 209 Å². The Morgan fingerprint density at radius 3 is 2.14 bits per heavy atom. The number of alkyl carbamates (subject to hydrolysis) is 1. The highest BCUT2D eigenvalue weighted by atomic mass is 19.4. The number of halogens is 3. The maximum Gasteiger partial charge on any atom is 0.491 e. The molecular weight excluding hydrogens is 838 g/mol. The lowest BCUT2D eigenvalue weighted by Crippen LogP contribution is -2.63. The highest BCUT2D eigenvalue weighted by molar-refractivity contribution is 5.92. The molecule has 64 heavy (non-hydrogen) atoms. The van der Waals surface area contributed by atoms with Crippen LogP contribution in [-0.4, -0.2) is 120 Å². The number of nitrogens with one attached hydrogen (secondary N) is 3. The molecule has 20 heteroatoms. The van der Waals surface area contributed by atoms with Crippen LogP contribution in [0, 0.1) is 5.92 Å². The fourth-order valence-electron chi connectivity index (χ4n) is 8.88. The number of fused-ring (bicyclic) bond motifs is 1. The Kier molecular flexibility index (Phi) is 11.9. The molecule has 336 valence electrons. The number of imidazole rings is 2. The summed E-state index contributed by atoms with van der Waals surface area (Å²) >= 11 is 0. The van der Waals surface area contributed by atoms with Crippen molar-refractivity contribution < 1.29 is 46.6 Å². The van der Waals surface area contributed by atoms with Gasteiger partial charge in [0.05, 0.1) is 59.7 Å². The molecule has 5 aromatic rings. The number of hydrogen-bond donors (Lipinski definition) is 3. The van der Waals surface area contributed by atoms with E-state index < -0.39 is 53.8 Å². The van der Waals surface area contributed by atoms with Crippen LogP contribution < -0.4 is 5.32 Å². The van der Waals surface area contributed by atoms with Gasteiger partial charge < -0.3 is 34.6 Å². The molecule has 3 atom stereocenters. The van der Waals surface area contributed by atoms with E-state index in [1.165, 1.54) is 7.11 Å². The number of carbonyl (C=O) groups excluding carboxylic acids is 5. The van der Waals surface area contributed by atoms with Crippen molar-refractivity contribution >= 4 is 41.0 Å². The van der Waals surface area contributed by atoms with E-state index in [1.807, 2.05) is 47.4 Å². The van der Waals surface area contributed by atoms with Gasteiger partial charge in [-0.15, -0.1) is 0 Å². The number of nitrogens with zero attached hydrogens (tertiary/aromatic N) is 7. The Labute approximate surface area is 365 Å². The third kappa shape index (κ3) is 8.47. The number of hydrogen-bond acceptors (Lipinski definition) is 11. The van der Waals surface area contributed by atoms with Crippen LogP contribution in [0.5, 0.6) is 0 Å². The summed E-state index contributed by atoms with van der Waals surface area (Å²) in [5, 5.41) is 2.78. The number of aromatic amines is 2. The molecule has 0 bridgehead atoms. The van der Waals surface area contributed by atoms with Crippen LogP contribution in [0.1, 0.15) is 82.5 Å². The number of methoxy groups -OCH3 is 1. The number of alkyl halides is 3. The summed E-state index contributed by atoms with van der Waals surface area (Å²) in [6, 6.07) is 11.4. The summed E-state index contributed by atoms with van der Waals surface area (Å²) in [6.07, 6.45) is 2.38. The van der Waals surface area contributed by atoms with Crippen LogP contribution in [0.15, 0.2) is 61.1 Å². The first-order valence-electron chi connectivity index (χ1n) is 21.1. The largest absolute Gasteiger partial charge is 0.491 e. The maximum absolute atomic E-state index is 13.8. The molecule has 1 saturated carbocycles. The minimum absolute atomic E-state index is 0.111. The second kappa shape index (κ2) is 17.4. The molecule has 4 amide bonds. The molecule has 8 rings (SSSR count). The van der Waals surface area contributed by atoms with Crippen LogP contribution in [0.25, 0.3) is 44.8 Å². The number of aromatic nitrogens is 6. The van der Waals surface area contributed by atoms with E-state index in [2.05, 4.69) is 25.0 Å². The zero-order valence-electron chi connectivity index (χ0n) is 35.6. The van der Waals surface area contributed by atoms with Gasteiger partial charge in [0.2, 0.25) is 11.8 Å². The fraction of sp³-hybridized carbons (Fsp3) is 0.432. The normalized spacial score (nSPS) is 18.8. The molecule has 2 saturated heterocycles. The van der Waals surface area contributed by atoms with Gasteiger partial charge in [-0.3, -0.25) is 19.5 Å².